The van der Waals surface area contributed by atoms with Crippen LogP contribution in [0.5, 0.6) is 0 Å². The van der Waals surface area contributed by atoms with Crippen molar-refractivity contribution in [2.24, 2.45) is 5.10 Å². The van der Waals surface area contributed by atoms with Gasteiger partial charge in [-0.3, -0.25) is 9.78 Å². The van der Waals surface area contributed by atoms with Gasteiger partial charge in [0.15, 0.2) is 0 Å². The second-order valence-electron chi connectivity index (χ2n) is 7.59. The molecular formula is C28H21N5O. The maximum atomic E-state index is 12.3. The normalized spacial score (nSPS) is 10.9. The Morgan fingerprint density at radius 3 is 2.09 bits per heavy atom. The van der Waals surface area contributed by atoms with Gasteiger partial charge in [-0.05, 0) is 35.4 Å². The molecule has 0 radical (unpaired) electrons. The fraction of sp³-hybridized carbons (Fsp3) is 0. The maximum Gasteiger partial charge on any atom is 0.271 e. The van der Waals surface area contributed by atoms with Crippen LogP contribution in [0.3, 0.4) is 0 Å². The Hall–Kier alpha value is -4.84. The molecule has 0 bridgehead atoms. The number of nitrogens with zero attached hydrogens (tertiary/aromatic N) is 4. The van der Waals surface area contributed by atoms with E-state index in [-0.39, 0.29) is 5.91 Å². The number of para-hydroxylation sites is 1. The van der Waals surface area contributed by atoms with Gasteiger partial charge in [0.2, 0.25) is 0 Å². The Kier molecular flexibility index (Phi) is 6.03. The van der Waals surface area contributed by atoms with Crippen molar-refractivity contribution in [3.8, 4) is 28.1 Å². The van der Waals surface area contributed by atoms with Crippen molar-refractivity contribution < 1.29 is 4.79 Å². The average Bonchev–Trinajstić information content (AvgIpc) is 3.34. The first-order valence-electron chi connectivity index (χ1n) is 10.8. The van der Waals surface area contributed by atoms with Gasteiger partial charge in [-0.2, -0.15) is 10.2 Å². The third kappa shape index (κ3) is 4.66. The highest BCUT2D eigenvalue weighted by molar-refractivity contribution is 5.95. The van der Waals surface area contributed by atoms with Crippen molar-refractivity contribution >= 4 is 12.1 Å². The quantitative estimate of drug-likeness (QED) is 0.283. The minimum Gasteiger partial charge on any atom is -0.267 e. The first-order valence-corrected chi connectivity index (χ1v) is 10.8. The third-order valence-corrected chi connectivity index (χ3v) is 5.34. The highest BCUT2D eigenvalue weighted by Gasteiger charge is 2.12. The molecule has 1 amide bonds. The number of carbonyl (C=O) groups excluding carboxylic acids is 1. The van der Waals surface area contributed by atoms with Gasteiger partial charge in [0.05, 0.1) is 11.9 Å². The summed E-state index contributed by atoms with van der Waals surface area (Å²) in [5.74, 6) is -0.303. The predicted molar refractivity (Wildman–Crippen MR) is 134 cm³/mol. The Morgan fingerprint density at radius 1 is 0.765 bits per heavy atom. The van der Waals surface area contributed by atoms with E-state index in [0.29, 0.717) is 5.56 Å². The highest BCUT2D eigenvalue weighted by Crippen LogP contribution is 2.26. The molecule has 6 heteroatoms. The molecule has 0 spiro atoms. The monoisotopic (exact) mass is 443 g/mol. The molecule has 0 aliphatic heterocycles. The summed E-state index contributed by atoms with van der Waals surface area (Å²) in [6.45, 7) is 0. The molecule has 0 aliphatic rings. The Bertz CT molecular complexity index is 1410. The molecule has 0 saturated carbocycles. The van der Waals surface area contributed by atoms with E-state index in [1.54, 1.807) is 30.7 Å². The van der Waals surface area contributed by atoms with Gasteiger partial charge in [0.1, 0.15) is 5.69 Å². The van der Waals surface area contributed by atoms with Crippen molar-refractivity contribution in [1.29, 1.82) is 0 Å². The Morgan fingerprint density at radius 2 is 1.38 bits per heavy atom. The van der Waals surface area contributed by atoms with Crippen LogP contribution >= 0.6 is 0 Å². The first-order chi connectivity index (χ1) is 16.8. The number of hydrogen-bond acceptors (Lipinski definition) is 4. The second-order valence-corrected chi connectivity index (χ2v) is 7.59. The van der Waals surface area contributed by atoms with Crippen LogP contribution in [0.2, 0.25) is 0 Å². The zero-order chi connectivity index (χ0) is 23.2. The fourth-order valence-corrected chi connectivity index (χ4v) is 3.60. The molecular weight excluding hydrogens is 422 g/mol. The lowest BCUT2D eigenvalue weighted by Gasteiger charge is -2.04. The molecule has 0 saturated heterocycles. The summed E-state index contributed by atoms with van der Waals surface area (Å²) >= 11 is 0. The number of aromatic nitrogens is 3. The van der Waals surface area contributed by atoms with E-state index in [9.17, 15) is 4.79 Å². The van der Waals surface area contributed by atoms with Gasteiger partial charge in [-0.25, -0.2) is 10.1 Å². The summed E-state index contributed by atoms with van der Waals surface area (Å²) < 4.78 is 1.81. The minimum absolute atomic E-state index is 0.303. The van der Waals surface area contributed by atoms with Crippen LogP contribution < -0.4 is 5.43 Å². The molecule has 2 aromatic heterocycles. The molecule has 5 rings (SSSR count). The van der Waals surface area contributed by atoms with E-state index in [2.05, 4.69) is 39.8 Å². The smallest absolute Gasteiger partial charge is 0.267 e. The van der Waals surface area contributed by atoms with Gasteiger partial charge < -0.3 is 0 Å². The summed E-state index contributed by atoms with van der Waals surface area (Å²) in [5, 5.41) is 8.99. The van der Waals surface area contributed by atoms with Gasteiger partial charge >= 0.3 is 0 Å². The van der Waals surface area contributed by atoms with Gasteiger partial charge in [0.25, 0.3) is 5.91 Å². The van der Waals surface area contributed by atoms with E-state index in [1.807, 2.05) is 71.5 Å². The minimum atomic E-state index is -0.303. The molecule has 0 aliphatic carbocycles. The number of carbonyl (C=O) groups is 1. The number of rotatable bonds is 6. The van der Waals surface area contributed by atoms with E-state index in [1.165, 1.54) is 0 Å². The second kappa shape index (κ2) is 9.75. The lowest BCUT2D eigenvalue weighted by molar-refractivity contribution is 0.0955. The van der Waals surface area contributed by atoms with Gasteiger partial charge in [-0.1, -0.05) is 72.8 Å². The van der Waals surface area contributed by atoms with E-state index >= 15 is 0 Å². The van der Waals surface area contributed by atoms with Crippen LogP contribution in [0.1, 0.15) is 15.9 Å². The third-order valence-electron chi connectivity index (χ3n) is 5.34. The number of amides is 1. The van der Waals surface area contributed by atoms with Crippen LogP contribution in [0.25, 0.3) is 28.1 Å². The van der Waals surface area contributed by atoms with Crippen LogP contribution in [0.15, 0.2) is 121 Å². The largest absolute Gasteiger partial charge is 0.271 e. The van der Waals surface area contributed by atoms with E-state index in [4.69, 9.17) is 5.10 Å². The number of pyridine rings is 1. The molecule has 0 unspecified atom stereocenters. The highest BCUT2D eigenvalue weighted by atomic mass is 16.2. The van der Waals surface area contributed by atoms with Crippen molar-refractivity contribution in [2.45, 2.75) is 0 Å². The molecule has 164 valence electrons. The number of nitrogens with one attached hydrogen (secondary N) is 1. The topological polar surface area (TPSA) is 72.2 Å². The predicted octanol–water partition coefficient (Wildman–Crippen LogP) is 5.37. The van der Waals surface area contributed by atoms with Gasteiger partial charge in [-0.15, -0.1) is 0 Å². The first kappa shape index (κ1) is 21.0. The Labute approximate surface area is 197 Å². The maximum absolute atomic E-state index is 12.3. The summed E-state index contributed by atoms with van der Waals surface area (Å²) in [5.41, 5.74) is 8.79. The van der Waals surface area contributed by atoms with Crippen LogP contribution in [0, 0.1) is 0 Å². The van der Waals surface area contributed by atoms with Crippen LogP contribution in [0.4, 0.5) is 0 Å². The number of hydrazone groups is 1. The lowest BCUT2D eigenvalue weighted by Crippen LogP contribution is -2.17. The summed E-state index contributed by atoms with van der Waals surface area (Å²) in [6.07, 6.45) is 6.66. The molecule has 3 aromatic carbocycles. The molecule has 1 N–H and O–H groups in total. The van der Waals surface area contributed by atoms with Crippen LogP contribution in [-0.4, -0.2) is 26.9 Å². The zero-order valence-electron chi connectivity index (χ0n) is 18.2. The van der Waals surface area contributed by atoms with E-state index in [0.717, 1.165) is 33.6 Å². The Balaban J connectivity index is 1.46. The molecule has 2 heterocycles. The molecule has 5 aromatic rings. The van der Waals surface area contributed by atoms with Crippen molar-refractivity contribution in [3.63, 3.8) is 0 Å². The molecule has 34 heavy (non-hydrogen) atoms. The molecule has 6 nitrogen and oxygen atoms in total. The SMILES string of the molecule is O=C(NN=Cc1cn(-c2ccccc2)nc1-c1ccc(-c2ccccc2)cc1)c1ccncc1. The summed E-state index contributed by atoms with van der Waals surface area (Å²) in [6, 6.07) is 31.6. The average molecular weight is 444 g/mol. The van der Waals surface area contributed by atoms with Crippen molar-refractivity contribution in [2.75, 3.05) is 0 Å². The van der Waals surface area contributed by atoms with Crippen molar-refractivity contribution in [3.05, 3.63) is 127 Å². The van der Waals surface area contributed by atoms with Gasteiger partial charge in [0, 0.05) is 35.3 Å². The number of benzene rings is 3. The summed E-state index contributed by atoms with van der Waals surface area (Å²) in [7, 11) is 0. The lowest BCUT2D eigenvalue weighted by atomic mass is 10.0. The summed E-state index contributed by atoms with van der Waals surface area (Å²) in [4.78, 5) is 16.2. The van der Waals surface area contributed by atoms with Crippen LogP contribution in [-0.2, 0) is 0 Å². The number of hydrogen-bond donors (Lipinski definition) is 1. The fourth-order valence-electron chi connectivity index (χ4n) is 3.60. The zero-order valence-corrected chi connectivity index (χ0v) is 18.2. The molecule has 0 fully saturated rings. The standard InChI is InChI=1S/C28H21N5O/c34-28(24-15-17-29-18-16-24)31-30-19-25-20-33(26-9-5-2-6-10-26)32-27(25)23-13-11-22(12-14-23)21-7-3-1-4-8-21/h1-20H,(H,31,34). The molecule has 0 atom stereocenters. The van der Waals surface area contributed by atoms with E-state index < -0.39 is 0 Å². The van der Waals surface area contributed by atoms with Crippen molar-refractivity contribution in [1.82, 2.24) is 20.2 Å².